The second kappa shape index (κ2) is 4.11. The molecule has 0 aromatic rings. The molecule has 0 aliphatic heterocycles. The minimum Gasteiger partial charge on any atom is -0.413 e. The smallest absolute Gasteiger partial charge is 0.184 e. The predicted molar refractivity (Wildman–Crippen MR) is 56.7 cm³/mol. The predicted octanol–water partition coefficient (Wildman–Crippen LogP) is 2.57. The first-order chi connectivity index (χ1) is 5.90. The lowest BCUT2D eigenvalue weighted by Crippen LogP contribution is -2.42. The SMILES string of the molecule is C[Si](C)(C)OC1CCCC(=O)C1Cl. The highest BCUT2D eigenvalue weighted by Gasteiger charge is 2.33. The maximum Gasteiger partial charge on any atom is 0.184 e. The van der Waals surface area contributed by atoms with Crippen LogP contribution in [-0.4, -0.2) is 25.6 Å². The highest BCUT2D eigenvalue weighted by molar-refractivity contribution is 6.69. The van der Waals surface area contributed by atoms with Gasteiger partial charge in [0.2, 0.25) is 0 Å². The van der Waals surface area contributed by atoms with Crippen molar-refractivity contribution in [3.05, 3.63) is 0 Å². The van der Waals surface area contributed by atoms with Crippen molar-refractivity contribution in [3.63, 3.8) is 0 Å². The van der Waals surface area contributed by atoms with E-state index in [1.807, 2.05) is 0 Å². The van der Waals surface area contributed by atoms with Crippen LogP contribution in [0.25, 0.3) is 0 Å². The Balaban J connectivity index is 2.54. The summed E-state index contributed by atoms with van der Waals surface area (Å²) < 4.78 is 5.85. The molecule has 1 aliphatic carbocycles. The Morgan fingerprint density at radius 2 is 2.08 bits per heavy atom. The van der Waals surface area contributed by atoms with E-state index < -0.39 is 13.7 Å². The van der Waals surface area contributed by atoms with Gasteiger partial charge in [-0.25, -0.2) is 0 Å². The summed E-state index contributed by atoms with van der Waals surface area (Å²) in [6.07, 6.45) is 2.45. The normalized spacial score (nSPS) is 30.6. The average molecular weight is 221 g/mol. The average Bonchev–Trinajstić information content (AvgIpc) is 1.96. The minimum atomic E-state index is -1.55. The lowest BCUT2D eigenvalue weighted by atomic mass is 9.96. The van der Waals surface area contributed by atoms with E-state index in [-0.39, 0.29) is 11.9 Å². The van der Waals surface area contributed by atoms with Gasteiger partial charge in [0.25, 0.3) is 0 Å². The summed E-state index contributed by atoms with van der Waals surface area (Å²) in [7, 11) is -1.55. The van der Waals surface area contributed by atoms with Crippen LogP contribution in [0.15, 0.2) is 0 Å². The highest BCUT2D eigenvalue weighted by atomic mass is 35.5. The van der Waals surface area contributed by atoms with E-state index in [9.17, 15) is 4.79 Å². The summed E-state index contributed by atoms with van der Waals surface area (Å²) in [5, 5.41) is -0.402. The zero-order chi connectivity index (χ0) is 10.1. The van der Waals surface area contributed by atoms with Crippen molar-refractivity contribution < 1.29 is 9.22 Å². The zero-order valence-electron chi connectivity index (χ0n) is 8.47. The largest absolute Gasteiger partial charge is 0.413 e. The number of Topliss-reactive ketones (excluding diaryl/α,β-unsaturated/α-hetero) is 1. The summed E-state index contributed by atoms with van der Waals surface area (Å²) in [6.45, 7) is 6.36. The molecular weight excluding hydrogens is 204 g/mol. The van der Waals surface area contributed by atoms with Crippen molar-refractivity contribution in [1.82, 2.24) is 0 Å². The summed E-state index contributed by atoms with van der Waals surface area (Å²) in [5.41, 5.74) is 0. The second-order valence-electron chi connectivity index (χ2n) is 4.53. The number of rotatable bonds is 2. The fourth-order valence-corrected chi connectivity index (χ4v) is 3.08. The first kappa shape index (κ1) is 11.2. The minimum absolute atomic E-state index is 0.0328. The van der Waals surface area contributed by atoms with Gasteiger partial charge in [-0.1, -0.05) is 0 Å². The topological polar surface area (TPSA) is 26.3 Å². The standard InChI is InChI=1S/C9H17ClO2Si/c1-13(2,3)12-8-6-4-5-7(11)9(8)10/h8-9H,4-6H2,1-3H3. The van der Waals surface area contributed by atoms with Gasteiger partial charge in [0.15, 0.2) is 14.1 Å². The lowest BCUT2D eigenvalue weighted by molar-refractivity contribution is -0.122. The number of halogens is 1. The third-order valence-corrected chi connectivity index (χ3v) is 3.59. The van der Waals surface area contributed by atoms with Crippen molar-refractivity contribution in [2.75, 3.05) is 0 Å². The number of carbonyl (C=O) groups excluding carboxylic acids is 1. The second-order valence-corrected chi connectivity index (χ2v) is 9.46. The molecule has 1 rings (SSSR count). The molecule has 0 spiro atoms. The first-order valence-corrected chi connectivity index (χ1v) is 8.59. The van der Waals surface area contributed by atoms with Gasteiger partial charge >= 0.3 is 0 Å². The van der Waals surface area contributed by atoms with E-state index in [2.05, 4.69) is 19.6 Å². The quantitative estimate of drug-likeness (QED) is 0.528. The molecule has 0 bridgehead atoms. The zero-order valence-corrected chi connectivity index (χ0v) is 10.2. The van der Waals surface area contributed by atoms with Gasteiger partial charge in [0, 0.05) is 6.42 Å². The van der Waals surface area contributed by atoms with Crippen molar-refractivity contribution in [1.29, 1.82) is 0 Å². The first-order valence-electron chi connectivity index (χ1n) is 4.75. The number of hydrogen-bond donors (Lipinski definition) is 0. The number of ketones is 1. The Morgan fingerprint density at radius 3 is 2.62 bits per heavy atom. The van der Waals surface area contributed by atoms with Crippen LogP contribution in [0.5, 0.6) is 0 Å². The van der Waals surface area contributed by atoms with E-state index >= 15 is 0 Å². The molecule has 2 nitrogen and oxygen atoms in total. The Bertz CT molecular complexity index is 200. The van der Waals surface area contributed by atoms with Gasteiger partial charge in [-0.15, -0.1) is 11.6 Å². The molecule has 0 aromatic carbocycles. The van der Waals surface area contributed by atoms with Crippen LogP contribution in [0.4, 0.5) is 0 Å². The molecule has 0 amide bonds. The van der Waals surface area contributed by atoms with Crippen LogP contribution in [0.2, 0.25) is 19.6 Å². The maximum atomic E-state index is 11.3. The van der Waals surface area contributed by atoms with Gasteiger partial charge in [0.1, 0.15) is 5.38 Å². The highest BCUT2D eigenvalue weighted by Crippen LogP contribution is 2.25. The molecule has 4 heteroatoms. The molecule has 13 heavy (non-hydrogen) atoms. The summed E-state index contributed by atoms with van der Waals surface area (Å²) >= 11 is 5.99. The van der Waals surface area contributed by atoms with Crippen LogP contribution in [0.3, 0.4) is 0 Å². The van der Waals surface area contributed by atoms with Crippen LogP contribution < -0.4 is 0 Å². The molecular formula is C9H17ClO2Si. The monoisotopic (exact) mass is 220 g/mol. The summed E-state index contributed by atoms with van der Waals surface area (Å²) in [5.74, 6) is 0.149. The fourth-order valence-electron chi connectivity index (χ4n) is 1.54. The Labute approximate surface area is 85.7 Å². The molecule has 0 N–H and O–H groups in total. The molecule has 2 atom stereocenters. The Kier molecular flexibility index (Phi) is 3.55. The summed E-state index contributed by atoms with van der Waals surface area (Å²) in [4.78, 5) is 11.3. The van der Waals surface area contributed by atoms with Gasteiger partial charge in [-0.2, -0.15) is 0 Å². The van der Waals surface area contributed by atoms with Crippen LogP contribution in [-0.2, 0) is 9.22 Å². The van der Waals surface area contributed by atoms with E-state index in [0.29, 0.717) is 6.42 Å². The molecule has 0 saturated heterocycles. The van der Waals surface area contributed by atoms with E-state index in [4.69, 9.17) is 16.0 Å². The number of hydrogen-bond acceptors (Lipinski definition) is 2. The molecule has 0 radical (unpaired) electrons. The summed E-state index contributed by atoms with van der Waals surface area (Å²) in [6, 6.07) is 0. The van der Waals surface area contributed by atoms with Gasteiger partial charge in [-0.3, -0.25) is 4.79 Å². The van der Waals surface area contributed by atoms with Crippen molar-refractivity contribution in [2.45, 2.75) is 50.4 Å². The van der Waals surface area contributed by atoms with Gasteiger partial charge < -0.3 is 4.43 Å². The van der Waals surface area contributed by atoms with E-state index in [1.165, 1.54) is 0 Å². The Morgan fingerprint density at radius 1 is 1.46 bits per heavy atom. The van der Waals surface area contributed by atoms with E-state index in [1.54, 1.807) is 0 Å². The number of alkyl halides is 1. The van der Waals surface area contributed by atoms with E-state index in [0.717, 1.165) is 12.8 Å². The Hall–Kier alpha value is 0.137. The number of carbonyl (C=O) groups is 1. The molecule has 0 heterocycles. The molecule has 1 aliphatic rings. The van der Waals surface area contributed by atoms with Gasteiger partial charge in [0.05, 0.1) is 6.10 Å². The van der Waals surface area contributed by atoms with Crippen molar-refractivity contribution in [3.8, 4) is 0 Å². The third-order valence-electron chi connectivity index (χ3n) is 2.05. The molecule has 76 valence electrons. The third kappa shape index (κ3) is 3.41. The van der Waals surface area contributed by atoms with Crippen molar-refractivity contribution >= 4 is 25.7 Å². The lowest BCUT2D eigenvalue weighted by Gasteiger charge is -2.31. The molecule has 1 saturated carbocycles. The molecule has 0 aromatic heterocycles. The fraction of sp³-hybridized carbons (Fsp3) is 0.889. The molecule has 1 fully saturated rings. The van der Waals surface area contributed by atoms with Crippen LogP contribution in [0.1, 0.15) is 19.3 Å². The van der Waals surface area contributed by atoms with Crippen LogP contribution in [0, 0.1) is 0 Å². The van der Waals surface area contributed by atoms with Crippen molar-refractivity contribution in [2.24, 2.45) is 0 Å². The molecule has 2 unspecified atom stereocenters. The maximum absolute atomic E-state index is 11.3. The van der Waals surface area contributed by atoms with Gasteiger partial charge in [-0.05, 0) is 32.5 Å². The van der Waals surface area contributed by atoms with Crippen LogP contribution >= 0.6 is 11.6 Å².